The monoisotopic (exact) mass is 266 g/mol. The smallest absolute Gasteiger partial charge is 0.123 e. The standard InChI is InChI=1S/C15H23FN2O/c1-18(2)14(8-11-6-7-17-10-11)13-9-12(16)4-5-15(13)19-3/h4-5,9,11,14,17H,6-8,10H2,1-3H3. The molecule has 1 aromatic carbocycles. The van der Waals surface area contributed by atoms with Crippen molar-refractivity contribution in [2.24, 2.45) is 5.92 Å². The van der Waals surface area contributed by atoms with Crippen LogP contribution < -0.4 is 10.1 Å². The Hall–Kier alpha value is -1.13. The molecule has 1 N–H and O–H groups in total. The average molecular weight is 266 g/mol. The van der Waals surface area contributed by atoms with Crippen LogP contribution >= 0.6 is 0 Å². The van der Waals surface area contributed by atoms with Gasteiger partial charge < -0.3 is 15.0 Å². The summed E-state index contributed by atoms with van der Waals surface area (Å²) in [6.45, 7) is 2.15. The summed E-state index contributed by atoms with van der Waals surface area (Å²) in [6, 6.07) is 4.96. The Balaban J connectivity index is 2.24. The number of rotatable bonds is 5. The Morgan fingerprint density at radius 2 is 2.26 bits per heavy atom. The Kier molecular flexibility index (Phi) is 4.77. The summed E-state index contributed by atoms with van der Waals surface area (Å²) in [6.07, 6.45) is 2.22. The second kappa shape index (κ2) is 6.35. The molecule has 1 fully saturated rings. The van der Waals surface area contributed by atoms with E-state index in [1.165, 1.54) is 12.5 Å². The summed E-state index contributed by atoms with van der Waals surface area (Å²) in [5.74, 6) is 1.22. The molecule has 19 heavy (non-hydrogen) atoms. The van der Waals surface area contributed by atoms with E-state index in [4.69, 9.17) is 4.74 Å². The predicted molar refractivity (Wildman–Crippen MR) is 75.0 cm³/mol. The van der Waals surface area contributed by atoms with E-state index in [9.17, 15) is 4.39 Å². The van der Waals surface area contributed by atoms with Crippen molar-refractivity contribution in [1.29, 1.82) is 0 Å². The molecule has 0 bridgehead atoms. The summed E-state index contributed by atoms with van der Waals surface area (Å²) in [5, 5.41) is 3.38. The first kappa shape index (κ1) is 14.3. The summed E-state index contributed by atoms with van der Waals surface area (Å²) >= 11 is 0. The molecule has 0 spiro atoms. The second-order valence-corrected chi connectivity index (χ2v) is 5.46. The molecule has 2 unspecified atom stereocenters. The molecule has 1 heterocycles. The Morgan fingerprint density at radius 3 is 2.84 bits per heavy atom. The molecule has 1 aromatic rings. The SMILES string of the molecule is COc1ccc(F)cc1C(CC1CCNC1)N(C)C. The zero-order valence-corrected chi connectivity index (χ0v) is 11.9. The number of nitrogens with zero attached hydrogens (tertiary/aromatic N) is 1. The number of methoxy groups -OCH3 is 1. The van der Waals surface area contributed by atoms with E-state index in [0.717, 1.165) is 30.8 Å². The average Bonchev–Trinajstić information content (AvgIpc) is 2.88. The minimum Gasteiger partial charge on any atom is -0.496 e. The van der Waals surface area contributed by atoms with Crippen LogP contribution in [-0.2, 0) is 0 Å². The van der Waals surface area contributed by atoms with E-state index >= 15 is 0 Å². The van der Waals surface area contributed by atoms with E-state index in [1.807, 2.05) is 14.1 Å². The van der Waals surface area contributed by atoms with Gasteiger partial charge in [0.05, 0.1) is 7.11 Å². The lowest BCUT2D eigenvalue weighted by Gasteiger charge is -2.28. The van der Waals surface area contributed by atoms with Crippen molar-refractivity contribution < 1.29 is 9.13 Å². The lowest BCUT2D eigenvalue weighted by atomic mass is 9.92. The van der Waals surface area contributed by atoms with Gasteiger partial charge in [0.2, 0.25) is 0 Å². The number of hydrogen-bond acceptors (Lipinski definition) is 3. The minimum absolute atomic E-state index is 0.190. The lowest BCUT2D eigenvalue weighted by molar-refractivity contribution is 0.245. The molecular weight excluding hydrogens is 243 g/mol. The molecule has 0 saturated carbocycles. The first-order valence-electron chi connectivity index (χ1n) is 6.82. The van der Waals surface area contributed by atoms with Crippen LogP contribution in [0.5, 0.6) is 5.75 Å². The van der Waals surface area contributed by atoms with Gasteiger partial charge in [-0.05, 0) is 64.1 Å². The summed E-state index contributed by atoms with van der Waals surface area (Å²) < 4.78 is 18.9. The van der Waals surface area contributed by atoms with Crippen LogP contribution in [0.15, 0.2) is 18.2 Å². The third-order valence-electron chi connectivity index (χ3n) is 3.89. The van der Waals surface area contributed by atoms with Gasteiger partial charge in [-0.2, -0.15) is 0 Å². The van der Waals surface area contributed by atoms with Crippen molar-refractivity contribution in [3.63, 3.8) is 0 Å². The molecule has 1 saturated heterocycles. The fourth-order valence-electron chi connectivity index (χ4n) is 2.81. The normalized spacial score (nSPS) is 20.8. The molecule has 0 amide bonds. The first-order valence-corrected chi connectivity index (χ1v) is 6.82. The van der Waals surface area contributed by atoms with Gasteiger partial charge in [0.15, 0.2) is 0 Å². The van der Waals surface area contributed by atoms with Gasteiger partial charge in [-0.15, -0.1) is 0 Å². The van der Waals surface area contributed by atoms with E-state index in [-0.39, 0.29) is 11.9 Å². The fourth-order valence-corrected chi connectivity index (χ4v) is 2.81. The first-order chi connectivity index (χ1) is 9.11. The molecule has 0 aliphatic carbocycles. The molecular formula is C15H23FN2O. The highest BCUT2D eigenvalue weighted by molar-refractivity contribution is 5.36. The molecule has 4 heteroatoms. The Labute approximate surface area is 114 Å². The molecule has 0 radical (unpaired) electrons. The highest BCUT2D eigenvalue weighted by Crippen LogP contribution is 2.34. The van der Waals surface area contributed by atoms with E-state index in [1.54, 1.807) is 19.2 Å². The van der Waals surface area contributed by atoms with Crippen LogP contribution in [0.2, 0.25) is 0 Å². The highest BCUT2D eigenvalue weighted by atomic mass is 19.1. The lowest BCUT2D eigenvalue weighted by Crippen LogP contribution is -2.24. The fraction of sp³-hybridized carbons (Fsp3) is 0.600. The quantitative estimate of drug-likeness (QED) is 0.886. The van der Waals surface area contributed by atoms with Crippen molar-refractivity contribution in [2.75, 3.05) is 34.3 Å². The Morgan fingerprint density at radius 1 is 1.47 bits per heavy atom. The van der Waals surface area contributed by atoms with E-state index < -0.39 is 0 Å². The number of nitrogens with one attached hydrogen (secondary N) is 1. The zero-order chi connectivity index (χ0) is 13.8. The van der Waals surface area contributed by atoms with E-state index in [2.05, 4.69) is 10.2 Å². The highest BCUT2D eigenvalue weighted by Gasteiger charge is 2.25. The number of ether oxygens (including phenoxy) is 1. The van der Waals surface area contributed by atoms with Crippen molar-refractivity contribution in [2.45, 2.75) is 18.9 Å². The number of halogens is 1. The predicted octanol–water partition coefficient (Wildman–Crippen LogP) is 2.44. The van der Waals surface area contributed by atoms with Crippen LogP contribution in [0.4, 0.5) is 4.39 Å². The molecule has 2 atom stereocenters. The zero-order valence-electron chi connectivity index (χ0n) is 11.9. The molecule has 1 aliphatic rings. The van der Waals surface area contributed by atoms with Crippen molar-refractivity contribution in [1.82, 2.24) is 10.2 Å². The molecule has 2 rings (SSSR count). The van der Waals surface area contributed by atoms with Gasteiger partial charge in [0.25, 0.3) is 0 Å². The van der Waals surface area contributed by atoms with Gasteiger partial charge in [-0.25, -0.2) is 4.39 Å². The van der Waals surface area contributed by atoms with Gasteiger partial charge in [0, 0.05) is 11.6 Å². The minimum atomic E-state index is -0.202. The molecule has 0 aromatic heterocycles. The maximum absolute atomic E-state index is 13.5. The molecule has 3 nitrogen and oxygen atoms in total. The summed E-state index contributed by atoms with van der Waals surface area (Å²) in [7, 11) is 5.72. The van der Waals surface area contributed by atoms with Gasteiger partial charge in [0.1, 0.15) is 11.6 Å². The maximum Gasteiger partial charge on any atom is 0.123 e. The van der Waals surface area contributed by atoms with Gasteiger partial charge in [-0.3, -0.25) is 0 Å². The summed E-state index contributed by atoms with van der Waals surface area (Å²) in [5.41, 5.74) is 0.944. The van der Waals surface area contributed by atoms with Crippen molar-refractivity contribution >= 4 is 0 Å². The maximum atomic E-state index is 13.5. The van der Waals surface area contributed by atoms with Crippen LogP contribution in [0.1, 0.15) is 24.4 Å². The van der Waals surface area contributed by atoms with E-state index in [0.29, 0.717) is 5.92 Å². The number of benzene rings is 1. The molecule has 1 aliphatic heterocycles. The van der Waals surface area contributed by atoms with Crippen LogP contribution in [0, 0.1) is 11.7 Å². The second-order valence-electron chi connectivity index (χ2n) is 5.46. The van der Waals surface area contributed by atoms with Crippen LogP contribution in [0.25, 0.3) is 0 Å². The van der Waals surface area contributed by atoms with Crippen molar-refractivity contribution in [3.8, 4) is 5.75 Å². The van der Waals surface area contributed by atoms with Crippen LogP contribution in [0.3, 0.4) is 0 Å². The van der Waals surface area contributed by atoms with Gasteiger partial charge in [-0.1, -0.05) is 0 Å². The number of hydrogen-bond donors (Lipinski definition) is 1. The van der Waals surface area contributed by atoms with Crippen LogP contribution in [-0.4, -0.2) is 39.2 Å². The van der Waals surface area contributed by atoms with Crippen molar-refractivity contribution in [3.05, 3.63) is 29.6 Å². The van der Waals surface area contributed by atoms with Gasteiger partial charge >= 0.3 is 0 Å². The third kappa shape index (κ3) is 3.45. The summed E-state index contributed by atoms with van der Waals surface area (Å²) in [4.78, 5) is 2.15. The molecule has 106 valence electrons. The Bertz CT molecular complexity index is 417. The topological polar surface area (TPSA) is 24.5 Å². The largest absolute Gasteiger partial charge is 0.496 e. The third-order valence-corrected chi connectivity index (χ3v) is 3.89.